The van der Waals surface area contributed by atoms with Crippen molar-refractivity contribution < 1.29 is 9.90 Å². The van der Waals surface area contributed by atoms with Crippen LogP contribution >= 0.6 is 0 Å². The first-order valence-electron chi connectivity index (χ1n) is 6.41. The molecule has 0 radical (unpaired) electrons. The van der Waals surface area contributed by atoms with Crippen molar-refractivity contribution in [1.82, 2.24) is 9.78 Å². The molecule has 1 atom stereocenters. The molecule has 1 N–H and O–H groups in total. The monoisotopic (exact) mass is 258 g/mol. The van der Waals surface area contributed by atoms with Crippen LogP contribution in [0.5, 0.6) is 0 Å². The molecular formula is C15H18N2O2. The lowest BCUT2D eigenvalue weighted by atomic mass is 9.92. The highest BCUT2D eigenvalue weighted by molar-refractivity contribution is 5.72. The van der Waals surface area contributed by atoms with Crippen LogP contribution in [0.3, 0.4) is 0 Å². The molecule has 1 aromatic heterocycles. The van der Waals surface area contributed by atoms with Crippen LogP contribution in [0.1, 0.15) is 18.9 Å². The van der Waals surface area contributed by atoms with Crippen molar-refractivity contribution in [3.8, 4) is 11.1 Å². The second kappa shape index (κ2) is 5.69. The van der Waals surface area contributed by atoms with Crippen molar-refractivity contribution in [1.29, 1.82) is 0 Å². The molecule has 0 amide bonds. The summed E-state index contributed by atoms with van der Waals surface area (Å²) in [7, 11) is 1.87. The molecule has 2 aromatic rings. The van der Waals surface area contributed by atoms with Gasteiger partial charge in [0.05, 0.1) is 12.1 Å². The zero-order chi connectivity index (χ0) is 13.8. The van der Waals surface area contributed by atoms with E-state index in [0.29, 0.717) is 12.8 Å². The highest BCUT2D eigenvalue weighted by Crippen LogP contribution is 2.26. The summed E-state index contributed by atoms with van der Waals surface area (Å²) in [6.07, 6.45) is 4.94. The maximum atomic E-state index is 11.2. The number of carboxylic acids is 1. The van der Waals surface area contributed by atoms with E-state index >= 15 is 0 Å². The Labute approximate surface area is 112 Å². The molecule has 0 aliphatic rings. The second-order valence-corrected chi connectivity index (χ2v) is 4.71. The first kappa shape index (κ1) is 13.3. The molecular weight excluding hydrogens is 240 g/mol. The van der Waals surface area contributed by atoms with Gasteiger partial charge in [0.1, 0.15) is 0 Å². The Hall–Kier alpha value is -2.10. The lowest BCUT2D eigenvalue weighted by molar-refractivity contribution is -0.141. The summed E-state index contributed by atoms with van der Waals surface area (Å²) in [6, 6.07) is 7.92. The van der Waals surface area contributed by atoms with Crippen LogP contribution in [0.15, 0.2) is 36.7 Å². The molecule has 2 rings (SSSR count). The summed E-state index contributed by atoms with van der Waals surface area (Å²) >= 11 is 0. The Balaban J connectivity index is 2.33. The standard InChI is InChI=1S/C15H18N2O2/c1-3-11(15(18)19)8-12-6-4-5-7-14(12)13-9-16-17(2)10-13/h4-7,9-11H,3,8H2,1-2H3,(H,18,19). The van der Waals surface area contributed by atoms with Crippen molar-refractivity contribution in [3.63, 3.8) is 0 Å². The maximum Gasteiger partial charge on any atom is 0.306 e. The lowest BCUT2D eigenvalue weighted by Crippen LogP contribution is -2.15. The van der Waals surface area contributed by atoms with Crippen LogP contribution in [0, 0.1) is 5.92 Å². The van der Waals surface area contributed by atoms with E-state index in [2.05, 4.69) is 5.10 Å². The Morgan fingerprint density at radius 1 is 1.42 bits per heavy atom. The summed E-state index contributed by atoms with van der Waals surface area (Å²) in [5.41, 5.74) is 3.15. The van der Waals surface area contributed by atoms with Crippen molar-refractivity contribution >= 4 is 5.97 Å². The highest BCUT2D eigenvalue weighted by Gasteiger charge is 2.17. The smallest absolute Gasteiger partial charge is 0.306 e. The van der Waals surface area contributed by atoms with Gasteiger partial charge in [0.15, 0.2) is 0 Å². The number of aliphatic carboxylic acids is 1. The third-order valence-corrected chi connectivity index (χ3v) is 3.34. The molecule has 4 nitrogen and oxygen atoms in total. The number of benzene rings is 1. The summed E-state index contributed by atoms with van der Waals surface area (Å²) in [5.74, 6) is -1.07. The molecule has 0 saturated heterocycles. The Morgan fingerprint density at radius 2 is 2.16 bits per heavy atom. The number of carbonyl (C=O) groups is 1. The number of nitrogens with zero attached hydrogens (tertiary/aromatic N) is 2. The van der Waals surface area contributed by atoms with Crippen LogP contribution in [-0.4, -0.2) is 20.9 Å². The van der Waals surface area contributed by atoms with Crippen molar-refractivity contribution in [2.24, 2.45) is 13.0 Å². The fraction of sp³-hybridized carbons (Fsp3) is 0.333. The third-order valence-electron chi connectivity index (χ3n) is 3.34. The number of carboxylic acid groups (broad SMARTS) is 1. The SMILES string of the molecule is CCC(Cc1ccccc1-c1cnn(C)c1)C(=O)O. The zero-order valence-electron chi connectivity index (χ0n) is 11.2. The predicted molar refractivity (Wildman–Crippen MR) is 73.8 cm³/mol. The second-order valence-electron chi connectivity index (χ2n) is 4.71. The van der Waals surface area contributed by atoms with Gasteiger partial charge in [-0.25, -0.2) is 0 Å². The molecule has 0 aliphatic heterocycles. The first-order valence-corrected chi connectivity index (χ1v) is 6.41. The molecule has 1 unspecified atom stereocenters. The van der Waals surface area contributed by atoms with Gasteiger partial charge in [-0.05, 0) is 24.0 Å². The highest BCUT2D eigenvalue weighted by atomic mass is 16.4. The Kier molecular flexibility index (Phi) is 4.00. The van der Waals surface area contributed by atoms with E-state index < -0.39 is 5.97 Å². The van der Waals surface area contributed by atoms with E-state index in [1.807, 2.05) is 44.4 Å². The van der Waals surface area contributed by atoms with E-state index in [1.54, 1.807) is 10.9 Å². The van der Waals surface area contributed by atoms with Gasteiger partial charge < -0.3 is 5.11 Å². The van der Waals surface area contributed by atoms with Crippen LogP contribution in [-0.2, 0) is 18.3 Å². The van der Waals surface area contributed by atoms with Gasteiger partial charge in [-0.15, -0.1) is 0 Å². The lowest BCUT2D eigenvalue weighted by Gasteiger charge is -2.12. The molecule has 100 valence electrons. The van der Waals surface area contributed by atoms with Crippen molar-refractivity contribution in [2.45, 2.75) is 19.8 Å². The van der Waals surface area contributed by atoms with Gasteiger partial charge in [-0.3, -0.25) is 9.48 Å². The van der Waals surface area contributed by atoms with E-state index in [4.69, 9.17) is 0 Å². The van der Waals surface area contributed by atoms with E-state index in [0.717, 1.165) is 16.7 Å². The summed E-state index contributed by atoms with van der Waals surface area (Å²) in [5, 5.41) is 13.4. The Bertz CT molecular complexity index is 575. The Morgan fingerprint density at radius 3 is 2.74 bits per heavy atom. The number of rotatable bonds is 5. The predicted octanol–water partition coefficient (Wildman–Crippen LogP) is 2.74. The number of hydrogen-bond donors (Lipinski definition) is 1. The quantitative estimate of drug-likeness (QED) is 0.897. The molecule has 4 heteroatoms. The van der Waals surface area contributed by atoms with E-state index in [9.17, 15) is 9.90 Å². The fourth-order valence-corrected chi connectivity index (χ4v) is 2.21. The average molecular weight is 258 g/mol. The van der Waals surface area contributed by atoms with E-state index in [-0.39, 0.29) is 5.92 Å². The van der Waals surface area contributed by atoms with Gasteiger partial charge in [-0.2, -0.15) is 5.10 Å². The minimum atomic E-state index is -0.733. The van der Waals surface area contributed by atoms with Gasteiger partial charge >= 0.3 is 5.97 Å². The van der Waals surface area contributed by atoms with Crippen LogP contribution < -0.4 is 0 Å². The van der Waals surface area contributed by atoms with Crippen molar-refractivity contribution in [2.75, 3.05) is 0 Å². The summed E-state index contributed by atoms with van der Waals surface area (Å²) in [4.78, 5) is 11.2. The normalized spacial score (nSPS) is 12.3. The molecule has 0 fully saturated rings. The molecule has 19 heavy (non-hydrogen) atoms. The number of hydrogen-bond acceptors (Lipinski definition) is 2. The van der Waals surface area contributed by atoms with Crippen LogP contribution in [0.25, 0.3) is 11.1 Å². The topological polar surface area (TPSA) is 55.1 Å². The summed E-state index contributed by atoms with van der Waals surface area (Å²) in [6.45, 7) is 1.91. The number of aromatic nitrogens is 2. The third kappa shape index (κ3) is 3.02. The number of aryl methyl sites for hydroxylation is 1. The van der Waals surface area contributed by atoms with Gasteiger partial charge in [0, 0.05) is 18.8 Å². The average Bonchev–Trinajstić information content (AvgIpc) is 2.82. The van der Waals surface area contributed by atoms with Crippen LogP contribution in [0.4, 0.5) is 0 Å². The molecule has 0 spiro atoms. The summed E-state index contributed by atoms with van der Waals surface area (Å²) < 4.78 is 1.75. The molecule has 0 aliphatic carbocycles. The van der Waals surface area contributed by atoms with Crippen molar-refractivity contribution in [3.05, 3.63) is 42.2 Å². The zero-order valence-corrected chi connectivity index (χ0v) is 11.2. The van der Waals surface area contributed by atoms with Gasteiger partial charge in [0.2, 0.25) is 0 Å². The van der Waals surface area contributed by atoms with Crippen LogP contribution in [0.2, 0.25) is 0 Å². The van der Waals surface area contributed by atoms with Gasteiger partial charge in [-0.1, -0.05) is 31.2 Å². The molecule has 0 saturated carbocycles. The minimum Gasteiger partial charge on any atom is -0.481 e. The fourth-order valence-electron chi connectivity index (χ4n) is 2.21. The largest absolute Gasteiger partial charge is 0.481 e. The molecule has 1 heterocycles. The molecule has 1 aromatic carbocycles. The minimum absolute atomic E-state index is 0.335. The van der Waals surface area contributed by atoms with E-state index in [1.165, 1.54) is 0 Å². The molecule has 0 bridgehead atoms. The van der Waals surface area contributed by atoms with Gasteiger partial charge in [0.25, 0.3) is 0 Å². The maximum absolute atomic E-state index is 11.2. The first-order chi connectivity index (χ1) is 9.11.